The molecule has 3 heteroatoms. The third kappa shape index (κ3) is 10.6. The lowest BCUT2D eigenvalue weighted by atomic mass is 9.96. The summed E-state index contributed by atoms with van der Waals surface area (Å²) < 4.78 is 0. The Kier molecular flexibility index (Phi) is 12.3. The van der Waals surface area contributed by atoms with Gasteiger partial charge in [0.15, 0.2) is 0 Å². The second-order valence-corrected chi connectivity index (χ2v) is 6.70. The summed E-state index contributed by atoms with van der Waals surface area (Å²) >= 11 is 0. The van der Waals surface area contributed by atoms with Crippen molar-refractivity contribution in [3.05, 3.63) is 42.2 Å². The number of hydrogen-bond donors (Lipinski definition) is 0. The van der Waals surface area contributed by atoms with Crippen LogP contribution in [0.4, 0.5) is 0 Å². The van der Waals surface area contributed by atoms with Crippen LogP contribution < -0.4 is 0 Å². The maximum absolute atomic E-state index is 5.06. The standard InChI is InChI=1S/C21H36N2O/c1-20(21-16-14-17-22-19-21)15-12-10-8-6-4-5-7-9-11-13-18-23(2)24-3/h11,13-14,16-17,19-20H,4-10,12,15,18H2,1-3H3/b13-11+. The van der Waals surface area contributed by atoms with E-state index in [2.05, 4.69) is 30.1 Å². The van der Waals surface area contributed by atoms with Crippen molar-refractivity contribution in [1.82, 2.24) is 10.0 Å². The van der Waals surface area contributed by atoms with Crippen LogP contribution in [0.15, 0.2) is 36.7 Å². The molecule has 0 saturated carbocycles. The summed E-state index contributed by atoms with van der Waals surface area (Å²) in [5, 5.41) is 1.83. The largest absolute Gasteiger partial charge is 0.302 e. The highest BCUT2D eigenvalue weighted by molar-refractivity contribution is 5.13. The number of nitrogens with zero attached hydrogens (tertiary/aromatic N) is 2. The van der Waals surface area contributed by atoms with E-state index in [1.54, 1.807) is 7.11 Å². The van der Waals surface area contributed by atoms with Crippen molar-refractivity contribution in [2.45, 2.75) is 70.6 Å². The molecule has 0 saturated heterocycles. The van der Waals surface area contributed by atoms with Gasteiger partial charge in [-0.05, 0) is 36.8 Å². The zero-order chi connectivity index (χ0) is 17.5. The van der Waals surface area contributed by atoms with Crippen molar-refractivity contribution in [3.8, 4) is 0 Å². The van der Waals surface area contributed by atoms with Crippen molar-refractivity contribution in [2.75, 3.05) is 20.7 Å². The zero-order valence-electron chi connectivity index (χ0n) is 15.9. The van der Waals surface area contributed by atoms with Crippen molar-refractivity contribution >= 4 is 0 Å². The Balaban J connectivity index is 1.87. The molecule has 0 aliphatic heterocycles. The second kappa shape index (κ2) is 14.2. The third-order valence-electron chi connectivity index (χ3n) is 4.60. The number of likely N-dealkylation sites (N-methyl/N-ethyl adjacent to an activating group) is 1. The molecule has 0 radical (unpaired) electrons. The Labute approximate surface area is 149 Å². The number of aromatic nitrogens is 1. The van der Waals surface area contributed by atoms with E-state index in [0.717, 1.165) is 6.54 Å². The molecule has 0 spiro atoms. The predicted molar refractivity (Wildman–Crippen MR) is 103 cm³/mol. The lowest BCUT2D eigenvalue weighted by molar-refractivity contribution is -0.0992. The minimum absolute atomic E-state index is 0.641. The van der Waals surface area contributed by atoms with Crippen molar-refractivity contribution in [2.24, 2.45) is 0 Å². The van der Waals surface area contributed by atoms with Gasteiger partial charge in [0.05, 0.1) is 7.11 Å². The lowest BCUT2D eigenvalue weighted by Gasteiger charge is -2.10. The maximum Gasteiger partial charge on any atom is 0.0575 e. The van der Waals surface area contributed by atoms with Gasteiger partial charge >= 0.3 is 0 Å². The molecule has 3 nitrogen and oxygen atoms in total. The van der Waals surface area contributed by atoms with Gasteiger partial charge in [-0.3, -0.25) is 4.98 Å². The Morgan fingerprint density at radius 3 is 2.46 bits per heavy atom. The molecule has 0 amide bonds. The Morgan fingerprint density at radius 2 is 1.79 bits per heavy atom. The van der Waals surface area contributed by atoms with Gasteiger partial charge in [0.1, 0.15) is 0 Å². The van der Waals surface area contributed by atoms with Crippen LogP contribution in [0.3, 0.4) is 0 Å². The highest BCUT2D eigenvalue weighted by Gasteiger charge is 2.04. The number of hydroxylamine groups is 2. The number of hydrogen-bond acceptors (Lipinski definition) is 3. The summed E-state index contributed by atoms with van der Waals surface area (Å²) in [6, 6.07) is 4.23. The average Bonchev–Trinajstić information content (AvgIpc) is 2.62. The summed E-state index contributed by atoms with van der Waals surface area (Å²) in [7, 11) is 3.65. The van der Waals surface area contributed by atoms with Gasteiger partial charge in [0, 0.05) is 26.0 Å². The lowest BCUT2D eigenvalue weighted by Crippen LogP contribution is -2.15. The SMILES string of the molecule is CON(C)C/C=C/CCCCCCCCCC(C)c1cccnc1. The van der Waals surface area contributed by atoms with Crippen molar-refractivity contribution < 1.29 is 4.84 Å². The van der Waals surface area contributed by atoms with E-state index in [1.165, 1.54) is 63.4 Å². The van der Waals surface area contributed by atoms with Crippen LogP contribution >= 0.6 is 0 Å². The summed E-state index contributed by atoms with van der Waals surface area (Å²) in [5.74, 6) is 0.641. The molecular formula is C21H36N2O. The van der Waals surface area contributed by atoms with Crippen molar-refractivity contribution in [3.63, 3.8) is 0 Å². The van der Waals surface area contributed by atoms with Crippen molar-refractivity contribution in [1.29, 1.82) is 0 Å². The normalized spacial score (nSPS) is 13.0. The summed E-state index contributed by atoms with van der Waals surface area (Å²) in [5.41, 5.74) is 1.38. The Bertz CT molecular complexity index is 419. The highest BCUT2D eigenvalue weighted by Crippen LogP contribution is 2.21. The van der Waals surface area contributed by atoms with Gasteiger partial charge in [0.25, 0.3) is 0 Å². The first-order valence-electron chi connectivity index (χ1n) is 9.54. The Morgan fingerprint density at radius 1 is 1.08 bits per heavy atom. The van der Waals surface area contributed by atoms with E-state index in [-0.39, 0.29) is 0 Å². The fourth-order valence-electron chi connectivity index (χ4n) is 2.85. The first-order chi connectivity index (χ1) is 11.7. The van der Waals surface area contributed by atoms with Gasteiger partial charge in [-0.25, -0.2) is 0 Å². The van der Waals surface area contributed by atoms with Gasteiger partial charge in [-0.2, -0.15) is 5.06 Å². The quantitative estimate of drug-likeness (QED) is 0.246. The van der Waals surface area contributed by atoms with E-state index in [1.807, 2.05) is 30.6 Å². The molecule has 0 aromatic carbocycles. The second-order valence-electron chi connectivity index (χ2n) is 6.70. The molecule has 1 heterocycles. The zero-order valence-corrected chi connectivity index (χ0v) is 15.9. The molecule has 1 aromatic heterocycles. The topological polar surface area (TPSA) is 25.4 Å². The maximum atomic E-state index is 5.06. The van der Waals surface area contributed by atoms with Gasteiger partial charge < -0.3 is 4.84 Å². The molecule has 0 aliphatic rings. The minimum atomic E-state index is 0.641. The molecule has 1 unspecified atom stereocenters. The molecule has 1 aromatic rings. The van der Waals surface area contributed by atoms with Crippen LogP contribution in [0, 0.1) is 0 Å². The summed E-state index contributed by atoms with van der Waals surface area (Å²) in [6.07, 6.45) is 20.3. The third-order valence-corrected chi connectivity index (χ3v) is 4.60. The molecule has 0 aliphatic carbocycles. The van der Waals surface area contributed by atoms with E-state index in [0.29, 0.717) is 5.92 Å². The smallest absolute Gasteiger partial charge is 0.0575 e. The van der Waals surface area contributed by atoms with E-state index < -0.39 is 0 Å². The van der Waals surface area contributed by atoms with Gasteiger partial charge in [-0.15, -0.1) is 0 Å². The van der Waals surface area contributed by atoms with E-state index in [4.69, 9.17) is 4.84 Å². The highest BCUT2D eigenvalue weighted by atomic mass is 16.7. The minimum Gasteiger partial charge on any atom is -0.302 e. The van der Waals surface area contributed by atoms with Gasteiger partial charge in [0.2, 0.25) is 0 Å². The molecule has 0 bridgehead atoms. The van der Waals surface area contributed by atoms with Gasteiger partial charge in [-0.1, -0.05) is 63.7 Å². The molecule has 0 fully saturated rings. The van der Waals surface area contributed by atoms with Crippen LogP contribution in [0.25, 0.3) is 0 Å². The molecular weight excluding hydrogens is 296 g/mol. The van der Waals surface area contributed by atoms with Crippen LogP contribution in [0.1, 0.15) is 76.2 Å². The van der Waals surface area contributed by atoms with Crippen LogP contribution in [0.5, 0.6) is 0 Å². The number of rotatable bonds is 14. The Hall–Kier alpha value is -1.19. The first kappa shape index (κ1) is 20.9. The molecule has 0 N–H and O–H groups in total. The van der Waals surface area contributed by atoms with E-state index >= 15 is 0 Å². The number of unbranched alkanes of at least 4 members (excludes halogenated alkanes) is 7. The average molecular weight is 333 g/mol. The fourth-order valence-corrected chi connectivity index (χ4v) is 2.85. The monoisotopic (exact) mass is 332 g/mol. The fraction of sp³-hybridized carbons (Fsp3) is 0.667. The number of pyridine rings is 1. The molecule has 1 rings (SSSR count). The van der Waals surface area contributed by atoms with Crippen LogP contribution in [-0.2, 0) is 4.84 Å². The molecule has 24 heavy (non-hydrogen) atoms. The van der Waals surface area contributed by atoms with Crippen LogP contribution in [-0.4, -0.2) is 30.7 Å². The predicted octanol–water partition coefficient (Wildman–Crippen LogP) is 5.75. The van der Waals surface area contributed by atoms with Crippen LogP contribution in [0.2, 0.25) is 0 Å². The molecule has 1 atom stereocenters. The van der Waals surface area contributed by atoms with E-state index in [9.17, 15) is 0 Å². The first-order valence-corrected chi connectivity index (χ1v) is 9.54. The number of allylic oxidation sites excluding steroid dienone is 1. The molecule has 136 valence electrons. The summed E-state index contributed by atoms with van der Waals surface area (Å²) in [6.45, 7) is 3.18. The summed E-state index contributed by atoms with van der Waals surface area (Å²) in [4.78, 5) is 9.27.